The van der Waals surface area contributed by atoms with Crippen LogP contribution >= 0.6 is 0 Å². The van der Waals surface area contributed by atoms with Crippen molar-refractivity contribution in [2.24, 2.45) is 0 Å². The van der Waals surface area contributed by atoms with Gasteiger partial charge in [0, 0.05) is 18.0 Å². The van der Waals surface area contributed by atoms with Crippen molar-refractivity contribution in [3.63, 3.8) is 0 Å². The maximum Gasteiger partial charge on any atom is 0.262 e. The van der Waals surface area contributed by atoms with Gasteiger partial charge in [-0.15, -0.1) is 0 Å². The van der Waals surface area contributed by atoms with Gasteiger partial charge >= 0.3 is 0 Å². The number of nitrogens with one attached hydrogen (secondary N) is 1. The largest absolute Gasteiger partial charge is 0.495 e. The molecular weight excluding hydrogens is 462 g/mol. The molecule has 3 aromatic carbocycles. The predicted molar refractivity (Wildman–Crippen MR) is 136 cm³/mol. The van der Waals surface area contributed by atoms with Crippen molar-refractivity contribution >= 4 is 21.4 Å². The quantitative estimate of drug-likeness (QED) is 0.310. The maximum absolute atomic E-state index is 13.1. The van der Waals surface area contributed by atoms with Gasteiger partial charge in [0.2, 0.25) is 0 Å². The van der Waals surface area contributed by atoms with Crippen LogP contribution in [0.15, 0.2) is 102 Å². The Bertz CT molecular complexity index is 1600. The van der Waals surface area contributed by atoms with Gasteiger partial charge in [-0.05, 0) is 79.2 Å². The van der Waals surface area contributed by atoms with Crippen LogP contribution in [-0.2, 0) is 10.0 Å². The number of benzene rings is 3. The molecule has 0 aliphatic rings. The highest BCUT2D eigenvalue weighted by Crippen LogP contribution is 2.32. The van der Waals surface area contributed by atoms with Gasteiger partial charge in [0.25, 0.3) is 10.0 Å². The second-order valence-corrected chi connectivity index (χ2v) is 9.69. The first kappa shape index (κ1) is 22.5. The Hall–Kier alpha value is -4.30. The molecule has 0 atom stereocenters. The van der Waals surface area contributed by atoms with E-state index in [0.717, 1.165) is 22.5 Å². The molecule has 2 aromatic heterocycles. The second-order valence-electron chi connectivity index (χ2n) is 8.00. The smallest absolute Gasteiger partial charge is 0.262 e. The molecule has 0 bridgehead atoms. The van der Waals surface area contributed by atoms with Crippen LogP contribution in [0.2, 0.25) is 0 Å². The van der Waals surface area contributed by atoms with Crippen LogP contribution in [0.25, 0.3) is 16.9 Å². The zero-order valence-corrected chi connectivity index (χ0v) is 20.0. The monoisotopic (exact) mass is 485 g/mol. The van der Waals surface area contributed by atoms with Crippen molar-refractivity contribution in [1.82, 2.24) is 9.38 Å². The number of fused-ring (bicyclic) bond motifs is 1. The molecule has 0 spiro atoms. The Kier molecular flexibility index (Phi) is 5.88. The molecule has 8 heteroatoms. The summed E-state index contributed by atoms with van der Waals surface area (Å²) in [7, 11) is -2.38. The van der Waals surface area contributed by atoms with Crippen LogP contribution in [0.4, 0.5) is 5.69 Å². The number of hydrogen-bond donors (Lipinski definition) is 1. The number of aryl methyl sites for hydroxylation is 1. The van der Waals surface area contributed by atoms with Gasteiger partial charge in [-0.1, -0.05) is 18.2 Å². The van der Waals surface area contributed by atoms with E-state index in [0.29, 0.717) is 22.9 Å². The number of methoxy groups -OCH3 is 1. The fraction of sp³-hybridized carbons (Fsp3) is 0.0741. The van der Waals surface area contributed by atoms with Crippen LogP contribution in [0.5, 0.6) is 17.2 Å². The lowest BCUT2D eigenvalue weighted by Crippen LogP contribution is -2.13. The summed E-state index contributed by atoms with van der Waals surface area (Å²) in [5.74, 6) is 1.61. The molecule has 0 saturated heterocycles. The van der Waals surface area contributed by atoms with Gasteiger partial charge < -0.3 is 13.9 Å². The van der Waals surface area contributed by atoms with E-state index < -0.39 is 10.0 Å². The number of pyridine rings is 1. The summed E-state index contributed by atoms with van der Waals surface area (Å²) >= 11 is 0. The van der Waals surface area contributed by atoms with Crippen molar-refractivity contribution in [2.45, 2.75) is 11.8 Å². The Morgan fingerprint density at radius 3 is 2.37 bits per heavy atom. The molecule has 0 aliphatic heterocycles. The number of ether oxygens (including phenoxy) is 2. The predicted octanol–water partition coefficient (Wildman–Crippen LogP) is 5.91. The minimum atomic E-state index is -3.88. The number of para-hydroxylation sites is 1. The van der Waals surface area contributed by atoms with Crippen LogP contribution in [0.1, 0.15) is 5.56 Å². The second kappa shape index (κ2) is 9.15. The van der Waals surface area contributed by atoms with Crippen molar-refractivity contribution in [3.8, 4) is 28.5 Å². The SMILES string of the molecule is COc1ccc(-c2cn3ccc(C)cc3n2)cc1NS(=O)(=O)c1ccc(Oc2ccccc2)cc1. The summed E-state index contributed by atoms with van der Waals surface area (Å²) in [6, 6.07) is 24.8. The number of aromatic nitrogens is 2. The molecule has 0 aliphatic carbocycles. The van der Waals surface area contributed by atoms with Gasteiger partial charge in [-0.25, -0.2) is 13.4 Å². The molecule has 5 aromatic rings. The molecule has 5 rings (SSSR count). The Balaban J connectivity index is 1.42. The molecular formula is C27H23N3O4S. The molecule has 35 heavy (non-hydrogen) atoms. The van der Waals surface area contributed by atoms with Crippen LogP contribution in [0.3, 0.4) is 0 Å². The van der Waals surface area contributed by atoms with Gasteiger partial charge in [-0.2, -0.15) is 0 Å². The Morgan fingerprint density at radius 1 is 0.886 bits per heavy atom. The average molecular weight is 486 g/mol. The first-order valence-corrected chi connectivity index (χ1v) is 12.4. The van der Waals surface area contributed by atoms with E-state index in [-0.39, 0.29) is 4.90 Å². The highest BCUT2D eigenvalue weighted by Gasteiger charge is 2.18. The number of anilines is 1. The average Bonchev–Trinajstić information content (AvgIpc) is 3.28. The fourth-order valence-corrected chi connectivity index (χ4v) is 4.75. The molecule has 0 amide bonds. The number of nitrogens with zero attached hydrogens (tertiary/aromatic N) is 2. The van der Waals surface area contributed by atoms with E-state index in [1.807, 2.05) is 72.2 Å². The maximum atomic E-state index is 13.1. The zero-order valence-electron chi connectivity index (χ0n) is 19.2. The van der Waals surface area contributed by atoms with Gasteiger partial charge in [-0.3, -0.25) is 4.72 Å². The molecule has 7 nitrogen and oxygen atoms in total. The lowest BCUT2D eigenvalue weighted by Gasteiger charge is -2.13. The minimum Gasteiger partial charge on any atom is -0.495 e. The minimum absolute atomic E-state index is 0.105. The molecule has 0 radical (unpaired) electrons. The molecule has 2 heterocycles. The Morgan fingerprint density at radius 2 is 1.63 bits per heavy atom. The highest BCUT2D eigenvalue weighted by atomic mass is 32.2. The normalized spacial score (nSPS) is 11.4. The fourth-order valence-electron chi connectivity index (χ4n) is 3.69. The molecule has 0 fully saturated rings. The van der Waals surface area contributed by atoms with Crippen molar-refractivity contribution in [2.75, 3.05) is 11.8 Å². The summed E-state index contributed by atoms with van der Waals surface area (Å²) in [4.78, 5) is 4.78. The van der Waals surface area contributed by atoms with Gasteiger partial charge in [0.05, 0.1) is 23.4 Å². The van der Waals surface area contributed by atoms with E-state index in [2.05, 4.69) is 9.71 Å². The summed E-state index contributed by atoms with van der Waals surface area (Å²) in [5.41, 5.74) is 3.73. The van der Waals surface area contributed by atoms with Crippen molar-refractivity contribution < 1.29 is 17.9 Å². The molecule has 1 N–H and O–H groups in total. The third-order valence-electron chi connectivity index (χ3n) is 5.47. The van der Waals surface area contributed by atoms with Crippen LogP contribution in [-0.4, -0.2) is 24.9 Å². The summed E-state index contributed by atoms with van der Waals surface area (Å²) < 4.78 is 42.0. The first-order valence-electron chi connectivity index (χ1n) is 10.9. The molecule has 0 saturated carbocycles. The lowest BCUT2D eigenvalue weighted by atomic mass is 10.1. The van der Waals surface area contributed by atoms with E-state index in [4.69, 9.17) is 9.47 Å². The number of sulfonamides is 1. The number of rotatable bonds is 7. The molecule has 0 unspecified atom stereocenters. The zero-order chi connectivity index (χ0) is 24.4. The Labute approximate surface area is 203 Å². The standard InChI is InChI=1S/C27H23N3O4S/c1-19-14-15-30-18-25(28-27(30)16-19)20-8-13-26(33-2)24(17-20)29-35(31,32)23-11-9-22(10-12-23)34-21-6-4-3-5-7-21/h3-18,29H,1-2H3. The molecule has 176 valence electrons. The summed E-state index contributed by atoms with van der Waals surface area (Å²) in [6.07, 6.45) is 3.85. The number of hydrogen-bond acceptors (Lipinski definition) is 5. The van der Waals surface area contributed by atoms with E-state index in [1.54, 1.807) is 24.3 Å². The van der Waals surface area contributed by atoms with Crippen molar-refractivity contribution in [1.29, 1.82) is 0 Å². The van der Waals surface area contributed by atoms with Gasteiger partial charge in [0.15, 0.2) is 0 Å². The van der Waals surface area contributed by atoms with Crippen molar-refractivity contribution in [3.05, 3.63) is 103 Å². The summed E-state index contributed by atoms with van der Waals surface area (Å²) in [6.45, 7) is 2.01. The third kappa shape index (κ3) is 4.83. The first-order chi connectivity index (χ1) is 16.9. The highest BCUT2D eigenvalue weighted by molar-refractivity contribution is 7.92. The van der Waals surface area contributed by atoms with Crippen LogP contribution < -0.4 is 14.2 Å². The van der Waals surface area contributed by atoms with E-state index >= 15 is 0 Å². The van der Waals surface area contributed by atoms with E-state index in [1.165, 1.54) is 19.2 Å². The number of imidazole rings is 1. The summed E-state index contributed by atoms with van der Waals surface area (Å²) in [5, 5.41) is 0. The third-order valence-corrected chi connectivity index (χ3v) is 6.85. The van der Waals surface area contributed by atoms with Gasteiger partial charge in [0.1, 0.15) is 22.9 Å². The topological polar surface area (TPSA) is 81.9 Å². The van der Waals surface area contributed by atoms with Crippen LogP contribution in [0, 0.1) is 6.92 Å². The lowest BCUT2D eigenvalue weighted by molar-refractivity contribution is 0.417. The van der Waals surface area contributed by atoms with E-state index in [9.17, 15) is 8.42 Å².